The van der Waals surface area contributed by atoms with Crippen molar-refractivity contribution in [3.8, 4) is 5.88 Å². The van der Waals surface area contributed by atoms with Crippen LogP contribution in [0, 0.1) is 0 Å². The molecule has 82 valence electrons. The van der Waals surface area contributed by atoms with Crippen LogP contribution in [-0.2, 0) is 6.42 Å². The standard InChI is InChI=1S/C12H11BrN2O/c1-16-12-6-5-11(14-15-12)8-9-3-2-4-10(13)7-9/h2-7H,8H2,1H3. The van der Waals surface area contributed by atoms with E-state index in [1.165, 1.54) is 5.56 Å². The van der Waals surface area contributed by atoms with Gasteiger partial charge in [-0.15, -0.1) is 5.10 Å². The Kier molecular flexibility index (Phi) is 3.51. The number of benzene rings is 1. The zero-order valence-electron chi connectivity index (χ0n) is 8.85. The maximum absolute atomic E-state index is 4.96. The molecule has 0 unspecified atom stereocenters. The summed E-state index contributed by atoms with van der Waals surface area (Å²) in [6.45, 7) is 0. The summed E-state index contributed by atoms with van der Waals surface area (Å²) in [6, 6.07) is 11.9. The predicted octanol–water partition coefficient (Wildman–Crippen LogP) is 2.84. The van der Waals surface area contributed by atoms with Gasteiger partial charge in [0.2, 0.25) is 5.88 Å². The van der Waals surface area contributed by atoms with E-state index < -0.39 is 0 Å². The van der Waals surface area contributed by atoms with Gasteiger partial charge in [0, 0.05) is 17.0 Å². The Hall–Kier alpha value is -1.42. The summed E-state index contributed by atoms with van der Waals surface area (Å²) < 4.78 is 6.03. The molecule has 0 radical (unpaired) electrons. The van der Waals surface area contributed by atoms with Crippen LogP contribution in [0.3, 0.4) is 0 Å². The van der Waals surface area contributed by atoms with Crippen LogP contribution >= 0.6 is 15.9 Å². The number of methoxy groups -OCH3 is 1. The molecule has 0 amide bonds. The van der Waals surface area contributed by atoms with Crippen LogP contribution in [0.25, 0.3) is 0 Å². The van der Waals surface area contributed by atoms with Crippen LogP contribution in [-0.4, -0.2) is 17.3 Å². The third-order valence-electron chi connectivity index (χ3n) is 2.18. The second-order valence-electron chi connectivity index (χ2n) is 3.37. The maximum Gasteiger partial charge on any atom is 0.233 e. The predicted molar refractivity (Wildman–Crippen MR) is 65.5 cm³/mol. The summed E-state index contributed by atoms with van der Waals surface area (Å²) >= 11 is 3.44. The number of halogens is 1. The number of hydrogen-bond acceptors (Lipinski definition) is 3. The normalized spacial score (nSPS) is 10.1. The van der Waals surface area contributed by atoms with Gasteiger partial charge < -0.3 is 4.74 Å². The van der Waals surface area contributed by atoms with Crippen molar-refractivity contribution in [2.24, 2.45) is 0 Å². The Morgan fingerprint density at radius 1 is 1.19 bits per heavy atom. The van der Waals surface area contributed by atoms with Crippen LogP contribution in [0.1, 0.15) is 11.3 Å². The molecule has 0 aliphatic rings. The molecule has 0 saturated heterocycles. The molecule has 0 saturated carbocycles. The molecule has 0 spiro atoms. The first-order valence-electron chi connectivity index (χ1n) is 4.89. The fourth-order valence-electron chi connectivity index (χ4n) is 1.41. The molecule has 0 fully saturated rings. The lowest BCUT2D eigenvalue weighted by Gasteiger charge is -2.02. The summed E-state index contributed by atoms with van der Waals surface area (Å²) in [6.07, 6.45) is 0.774. The summed E-state index contributed by atoms with van der Waals surface area (Å²) in [5.74, 6) is 0.540. The molecule has 4 heteroatoms. The molecule has 0 atom stereocenters. The molecule has 1 aromatic heterocycles. The fraction of sp³-hybridized carbons (Fsp3) is 0.167. The van der Waals surface area contributed by atoms with Crippen molar-refractivity contribution in [1.82, 2.24) is 10.2 Å². The molecule has 2 rings (SSSR count). The van der Waals surface area contributed by atoms with E-state index in [-0.39, 0.29) is 0 Å². The van der Waals surface area contributed by atoms with Crippen LogP contribution < -0.4 is 4.74 Å². The number of rotatable bonds is 3. The highest BCUT2D eigenvalue weighted by Crippen LogP contribution is 2.14. The van der Waals surface area contributed by atoms with Gasteiger partial charge in [-0.2, -0.15) is 5.10 Å². The van der Waals surface area contributed by atoms with Gasteiger partial charge in [-0.05, 0) is 23.8 Å². The van der Waals surface area contributed by atoms with Crippen molar-refractivity contribution in [2.45, 2.75) is 6.42 Å². The highest BCUT2D eigenvalue weighted by molar-refractivity contribution is 9.10. The largest absolute Gasteiger partial charge is 0.480 e. The quantitative estimate of drug-likeness (QED) is 0.866. The van der Waals surface area contributed by atoms with E-state index in [1.54, 1.807) is 7.11 Å². The van der Waals surface area contributed by atoms with Crippen molar-refractivity contribution < 1.29 is 4.74 Å². The van der Waals surface area contributed by atoms with E-state index >= 15 is 0 Å². The van der Waals surface area contributed by atoms with Crippen LogP contribution in [0.5, 0.6) is 5.88 Å². The molecule has 1 heterocycles. The Morgan fingerprint density at radius 3 is 2.69 bits per heavy atom. The van der Waals surface area contributed by atoms with Gasteiger partial charge in [0.15, 0.2) is 0 Å². The highest BCUT2D eigenvalue weighted by atomic mass is 79.9. The molecule has 0 bridgehead atoms. The number of aromatic nitrogens is 2. The molecular formula is C12H11BrN2O. The van der Waals surface area contributed by atoms with Crippen molar-refractivity contribution in [3.05, 3.63) is 52.1 Å². The molecule has 0 N–H and O–H groups in total. The van der Waals surface area contributed by atoms with Crippen LogP contribution in [0.4, 0.5) is 0 Å². The minimum absolute atomic E-state index is 0.540. The smallest absolute Gasteiger partial charge is 0.233 e. The van der Waals surface area contributed by atoms with E-state index in [2.05, 4.69) is 38.3 Å². The minimum atomic E-state index is 0.540. The van der Waals surface area contributed by atoms with Crippen molar-refractivity contribution >= 4 is 15.9 Å². The third-order valence-corrected chi connectivity index (χ3v) is 2.67. The fourth-order valence-corrected chi connectivity index (χ4v) is 1.85. The average molecular weight is 279 g/mol. The van der Waals surface area contributed by atoms with Crippen molar-refractivity contribution in [3.63, 3.8) is 0 Å². The molecule has 0 aliphatic heterocycles. The molecular weight excluding hydrogens is 268 g/mol. The first-order valence-corrected chi connectivity index (χ1v) is 5.68. The summed E-state index contributed by atoms with van der Waals surface area (Å²) in [7, 11) is 1.58. The Bertz CT molecular complexity index is 471. The zero-order valence-corrected chi connectivity index (χ0v) is 10.4. The number of nitrogens with zero attached hydrogens (tertiary/aromatic N) is 2. The average Bonchev–Trinajstić information content (AvgIpc) is 2.30. The lowest BCUT2D eigenvalue weighted by Crippen LogP contribution is -1.96. The van der Waals surface area contributed by atoms with E-state index in [1.807, 2.05) is 24.3 Å². The molecule has 1 aromatic carbocycles. The second-order valence-corrected chi connectivity index (χ2v) is 4.29. The Morgan fingerprint density at radius 2 is 2.06 bits per heavy atom. The number of hydrogen-bond donors (Lipinski definition) is 0. The molecule has 3 nitrogen and oxygen atoms in total. The van der Waals surface area contributed by atoms with E-state index in [4.69, 9.17) is 4.74 Å². The summed E-state index contributed by atoms with van der Waals surface area (Å²) in [5, 5.41) is 8.02. The minimum Gasteiger partial charge on any atom is -0.480 e. The van der Waals surface area contributed by atoms with Gasteiger partial charge in [-0.25, -0.2) is 0 Å². The maximum atomic E-state index is 4.96. The van der Waals surface area contributed by atoms with Gasteiger partial charge in [0.25, 0.3) is 0 Å². The summed E-state index contributed by atoms with van der Waals surface area (Å²) in [5.41, 5.74) is 2.13. The van der Waals surface area contributed by atoms with Crippen molar-refractivity contribution in [2.75, 3.05) is 7.11 Å². The first kappa shape index (κ1) is 11.1. The lowest BCUT2D eigenvalue weighted by atomic mass is 10.1. The third kappa shape index (κ3) is 2.79. The topological polar surface area (TPSA) is 35.0 Å². The van der Waals surface area contributed by atoms with Crippen molar-refractivity contribution in [1.29, 1.82) is 0 Å². The van der Waals surface area contributed by atoms with Crippen LogP contribution in [0.15, 0.2) is 40.9 Å². The van der Waals surface area contributed by atoms with Crippen LogP contribution in [0.2, 0.25) is 0 Å². The number of ether oxygens (including phenoxy) is 1. The highest BCUT2D eigenvalue weighted by Gasteiger charge is 2.00. The van der Waals surface area contributed by atoms with E-state index in [0.717, 1.165) is 16.6 Å². The Balaban J connectivity index is 2.14. The van der Waals surface area contributed by atoms with E-state index in [9.17, 15) is 0 Å². The molecule has 16 heavy (non-hydrogen) atoms. The lowest BCUT2D eigenvalue weighted by molar-refractivity contribution is 0.391. The Labute approximate surface area is 103 Å². The van der Waals surface area contributed by atoms with Gasteiger partial charge in [0.05, 0.1) is 12.8 Å². The van der Waals surface area contributed by atoms with E-state index in [0.29, 0.717) is 5.88 Å². The van der Waals surface area contributed by atoms with Gasteiger partial charge >= 0.3 is 0 Å². The van der Waals surface area contributed by atoms with Gasteiger partial charge in [-0.1, -0.05) is 28.1 Å². The monoisotopic (exact) mass is 278 g/mol. The van der Waals surface area contributed by atoms with Gasteiger partial charge in [0.1, 0.15) is 0 Å². The second kappa shape index (κ2) is 5.07. The van der Waals surface area contributed by atoms with Gasteiger partial charge in [-0.3, -0.25) is 0 Å². The molecule has 2 aromatic rings. The summed E-state index contributed by atoms with van der Waals surface area (Å²) in [4.78, 5) is 0. The first-order chi connectivity index (χ1) is 7.78. The molecule has 0 aliphatic carbocycles. The zero-order chi connectivity index (χ0) is 11.4. The SMILES string of the molecule is COc1ccc(Cc2cccc(Br)c2)nn1.